The van der Waals surface area contributed by atoms with E-state index in [1.807, 2.05) is 0 Å². The van der Waals surface area contributed by atoms with Gasteiger partial charge < -0.3 is 20.9 Å². The number of likely N-dealkylation sites (tertiary alicyclic amines) is 1. The van der Waals surface area contributed by atoms with Crippen LogP contribution in [0.5, 0.6) is 0 Å². The largest absolute Gasteiger partial charge is 0.393 e. The number of alkyl halides is 3. The Morgan fingerprint density at radius 3 is 2.78 bits per heavy atom. The third kappa shape index (κ3) is 4.33. The van der Waals surface area contributed by atoms with Gasteiger partial charge in [-0.15, -0.1) is 0 Å². The summed E-state index contributed by atoms with van der Waals surface area (Å²) in [4.78, 5) is 40.1. The van der Waals surface area contributed by atoms with E-state index >= 15 is 0 Å². The van der Waals surface area contributed by atoms with Crippen molar-refractivity contribution in [3.63, 3.8) is 0 Å². The van der Waals surface area contributed by atoms with Crippen molar-refractivity contribution in [2.75, 3.05) is 25.4 Å². The monoisotopic (exact) mass is 470 g/mol. The van der Waals surface area contributed by atoms with Crippen LogP contribution < -0.4 is 11.1 Å². The summed E-state index contributed by atoms with van der Waals surface area (Å²) in [7, 11) is 0. The summed E-state index contributed by atoms with van der Waals surface area (Å²) in [5.41, 5.74) is 7.00. The Labute approximate surface area is 184 Å². The molecule has 3 amide bonds. The first-order valence-electron chi connectivity index (χ1n) is 9.91. The zero-order valence-corrected chi connectivity index (χ0v) is 17.6. The minimum atomic E-state index is -4.53. The van der Waals surface area contributed by atoms with Crippen molar-refractivity contribution < 1.29 is 27.6 Å². The number of nitrogens with two attached hydrogens (primary N) is 1. The van der Waals surface area contributed by atoms with Gasteiger partial charge in [0.15, 0.2) is 5.69 Å². The van der Waals surface area contributed by atoms with E-state index in [1.165, 1.54) is 12.3 Å². The predicted molar refractivity (Wildman–Crippen MR) is 109 cm³/mol. The number of rotatable bonds is 5. The van der Waals surface area contributed by atoms with Crippen LogP contribution in [0.15, 0.2) is 12.3 Å². The number of aromatic nitrogens is 3. The van der Waals surface area contributed by atoms with Gasteiger partial charge in [0.05, 0.1) is 11.5 Å². The number of amides is 3. The Morgan fingerprint density at radius 2 is 2.09 bits per heavy atom. The number of thioether (sulfide) groups is 1. The first-order chi connectivity index (χ1) is 15.1. The van der Waals surface area contributed by atoms with Gasteiger partial charge in [0.25, 0.3) is 17.7 Å². The zero-order valence-electron chi connectivity index (χ0n) is 16.8. The van der Waals surface area contributed by atoms with Crippen molar-refractivity contribution in [2.45, 2.75) is 18.3 Å². The van der Waals surface area contributed by atoms with Crippen molar-refractivity contribution in [3.8, 4) is 0 Å². The van der Waals surface area contributed by atoms with Crippen LogP contribution in [-0.4, -0.2) is 69.4 Å². The van der Waals surface area contributed by atoms with Crippen molar-refractivity contribution in [1.82, 2.24) is 25.4 Å². The second-order valence-electron chi connectivity index (χ2n) is 7.83. The molecule has 1 saturated heterocycles. The molecule has 0 radical (unpaired) electrons. The maximum atomic E-state index is 13.7. The smallest absolute Gasteiger partial charge is 0.364 e. The number of hydrogen-bond acceptors (Lipinski definition) is 5. The van der Waals surface area contributed by atoms with Crippen LogP contribution >= 0.6 is 11.8 Å². The fourth-order valence-electron chi connectivity index (χ4n) is 4.07. The molecule has 2 unspecified atom stereocenters. The maximum absolute atomic E-state index is 13.7. The fraction of sp³-hybridized carbons (Fsp3) is 0.474. The van der Waals surface area contributed by atoms with Gasteiger partial charge in [-0.2, -0.15) is 30.0 Å². The standard InChI is InChI=1S/C19H21F3N6O3S/c20-19(21,22)12-7-28(18(31)15-11-1-2-32-8-14(11)26-27-15)6-10(12)5-25-17(30)9-3-13(16(23)29)24-4-9/h3-4,10,12,24H,1-2,5-8H2,(H2,23,29)(H,25,30)(H,26,27). The zero-order chi connectivity index (χ0) is 23.0. The number of primary amides is 1. The van der Waals surface area contributed by atoms with Gasteiger partial charge in [-0.1, -0.05) is 0 Å². The van der Waals surface area contributed by atoms with Crippen LogP contribution in [0.25, 0.3) is 0 Å². The van der Waals surface area contributed by atoms with Gasteiger partial charge in [-0.25, -0.2) is 0 Å². The highest BCUT2D eigenvalue weighted by Gasteiger charge is 2.51. The number of nitrogens with zero attached hydrogens (tertiary/aromatic N) is 2. The van der Waals surface area contributed by atoms with Gasteiger partial charge in [-0.3, -0.25) is 19.5 Å². The highest BCUT2D eigenvalue weighted by molar-refractivity contribution is 7.98. The number of halogens is 3. The summed E-state index contributed by atoms with van der Waals surface area (Å²) in [5, 5.41) is 9.35. The van der Waals surface area contributed by atoms with E-state index in [0.29, 0.717) is 12.2 Å². The molecule has 5 N–H and O–H groups in total. The van der Waals surface area contributed by atoms with Crippen molar-refractivity contribution in [2.24, 2.45) is 17.6 Å². The van der Waals surface area contributed by atoms with E-state index in [1.54, 1.807) is 11.8 Å². The molecule has 172 valence electrons. The molecule has 2 aromatic rings. The Balaban J connectivity index is 1.45. The Kier molecular flexibility index (Phi) is 5.93. The molecule has 0 spiro atoms. The molecule has 13 heteroatoms. The van der Waals surface area contributed by atoms with Crippen LogP contribution in [0.2, 0.25) is 0 Å². The average Bonchev–Trinajstić information content (AvgIpc) is 3.49. The van der Waals surface area contributed by atoms with Crippen LogP contribution in [0.4, 0.5) is 13.2 Å². The minimum Gasteiger partial charge on any atom is -0.364 e. The number of hydrogen-bond donors (Lipinski definition) is 4. The predicted octanol–water partition coefficient (Wildman–Crippen LogP) is 1.31. The number of fused-ring (bicyclic) bond motifs is 1. The lowest BCUT2D eigenvalue weighted by Gasteiger charge is -2.21. The number of carbonyl (C=O) groups is 3. The fourth-order valence-corrected chi connectivity index (χ4v) is 5.01. The molecule has 32 heavy (non-hydrogen) atoms. The minimum absolute atomic E-state index is 0.0155. The lowest BCUT2D eigenvalue weighted by Crippen LogP contribution is -2.37. The third-order valence-corrected chi connectivity index (χ3v) is 6.77. The molecule has 1 fully saturated rings. The van der Waals surface area contributed by atoms with Crippen molar-refractivity contribution >= 4 is 29.5 Å². The van der Waals surface area contributed by atoms with Gasteiger partial charge in [-0.05, 0) is 18.2 Å². The Bertz CT molecular complexity index is 1050. The second kappa shape index (κ2) is 8.52. The SMILES string of the molecule is NC(=O)c1cc(C(=O)NCC2CN(C(=O)c3n[nH]c4c3CCSC4)CC2C(F)(F)F)c[nH]1. The molecule has 0 saturated carbocycles. The van der Waals surface area contributed by atoms with E-state index < -0.39 is 42.3 Å². The van der Waals surface area contributed by atoms with Crippen LogP contribution in [0.1, 0.15) is 42.6 Å². The molecule has 0 aromatic carbocycles. The highest BCUT2D eigenvalue weighted by atomic mass is 32.2. The first-order valence-corrected chi connectivity index (χ1v) is 11.1. The quantitative estimate of drug-likeness (QED) is 0.522. The van der Waals surface area contributed by atoms with E-state index in [4.69, 9.17) is 5.73 Å². The second-order valence-corrected chi connectivity index (χ2v) is 8.93. The summed E-state index contributed by atoms with van der Waals surface area (Å²) >= 11 is 1.70. The molecular weight excluding hydrogens is 449 g/mol. The molecular formula is C19H21F3N6O3S. The summed E-state index contributed by atoms with van der Waals surface area (Å²) in [6, 6.07) is 1.22. The lowest BCUT2D eigenvalue weighted by molar-refractivity contribution is -0.179. The number of H-pyrrole nitrogens is 2. The molecule has 2 aromatic heterocycles. The molecule has 4 rings (SSSR count). The van der Waals surface area contributed by atoms with E-state index in [2.05, 4.69) is 20.5 Å². The molecule has 2 aliphatic rings. The van der Waals surface area contributed by atoms with E-state index in [0.717, 1.165) is 21.9 Å². The van der Waals surface area contributed by atoms with Crippen molar-refractivity contribution in [1.29, 1.82) is 0 Å². The van der Waals surface area contributed by atoms with Crippen LogP contribution in [0, 0.1) is 11.8 Å². The molecule has 2 atom stereocenters. The van der Waals surface area contributed by atoms with Gasteiger partial charge in [0.2, 0.25) is 0 Å². The molecule has 0 bridgehead atoms. The number of carbonyl (C=O) groups excluding carboxylic acids is 3. The maximum Gasteiger partial charge on any atom is 0.393 e. The van der Waals surface area contributed by atoms with Gasteiger partial charge in [0.1, 0.15) is 5.69 Å². The van der Waals surface area contributed by atoms with Crippen molar-refractivity contribution in [3.05, 3.63) is 40.5 Å². The molecule has 2 aliphatic heterocycles. The molecule has 4 heterocycles. The summed E-state index contributed by atoms with van der Waals surface area (Å²) in [5.74, 6) is -3.21. The first kappa shape index (κ1) is 22.2. The topological polar surface area (TPSA) is 137 Å². The Morgan fingerprint density at radius 1 is 1.31 bits per heavy atom. The summed E-state index contributed by atoms with van der Waals surface area (Å²) in [6.07, 6.45) is -2.64. The van der Waals surface area contributed by atoms with Crippen LogP contribution in [0.3, 0.4) is 0 Å². The Hall–Kier alpha value is -2.96. The van der Waals surface area contributed by atoms with Crippen LogP contribution in [-0.2, 0) is 12.2 Å². The molecule has 9 nitrogen and oxygen atoms in total. The third-order valence-electron chi connectivity index (χ3n) is 5.78. The number of nitrogens with one attached hydrogen (secondary N) is 3. The van der Waals surface area contributed by atoms with E-state index in [-0.39, 0.29) is 30.0 Å². The van der Waals surface area contributed by atoms with Gasteiger partial charge >= 0.3 is 6.18 Å². The molecule has 0 aliphatic carbocycles. The summed E-state index contributed by atoms with van der Waals surface area (Å²) in [6.45, 7) is -0.923. The normalized spacial score (nSPS) is 20.8. The number of aromatic amines is 2. The lowest BCUT2D eigenvalue weighted by atomic mass is 9.95. The van der Waals surface area contributed by atoms with Gasteiger partial charge in [0, 0.05) is 48.8 Å². The summed E-state index contributed by atoms with van der Waals surface area (Å²) < 4.78 is 41.0. The van der Waals surface area contributed by atoms with E-state index in [9.17, 15) is 27.6 Å². The average molecular weight is 470 g/mol. The highest BCUT2D eigenvalue weighted by Crippen LogP contribution is 2.38.